The summed E-state index contributed by atoms with van der Waals surface area (Å²) in [6, 6.07) is 16.2. The Labute approximate surface area is 208 Å². The average molecular weight is 494 g/mol. The van der Waals surface area contributed by atoms with Crippen molar-refractivity contribution in [2.45, 2.75) is 32.7 Å². The normalized spacial score (nSPS) is 17.3. The predicted octanol–water partition coefficient (Wildman–Crippen LogP) is 6.63. The second kappa shape index (κ2) is 9.92. The van der Waals surface area contributed by atoms with Crippen molar-refractivity contribution in [1.82, 2.24) is 0 Å². The zero-order chi connectivity index (χ0) is 25.3. The lowest BCUT2D eigenvalue weighted by molar-refractivity contribution is -0.132. The van der Waals surface area contributed by atoms with Gasteiger partial charge in [-0.3, -0.25) is 14.5 Å². The molecule has 1 aliphatic heterocycles. The molecule has 1 unspecified atom stereocenters. The van der Waals surface area contributed by atoms with Gasteiger partial charge in [0.1, 0.15) is 17.3 Å². The topological polar surface area (TPSA) is 66.8 Å². The zero-order valence-corrected chi connectivity index (χ0v) is 20.3. The number of hydrogen-bond donors (Lipinski definition) is 1. The number of hydrogen-bond acceptors (Lipinski definition) is 4. The third kappa shape index (κ3) is 4.66. The minimum absolute atomic E-state index is 0.0737. The van der Waals surface area contributed by atoms with Gasteiger partial charge in [0, 0.05) is 16.3 Å². The zero-order valence-electron chi connectivity index (χ0n) is 19.6. The lowest BCUT2D eigenvalue weighted by atomic mass is 9.93. The van der Waals surface area contributed by atoms with Crippen molar-refractivity contribution >= 4 is 34.7 Å². The van der Waals surface area contributed by atoms with Gasteiger partial charge in [-0.05, 0) is 78.6 Å². The van der Waals surface area contributed by atoms with Crippen molar-refractivity contribution in [3.05, 3.63) is 99.8 Å². The maximum atomic E-state index is 13.7. The highest BCUT2D eigenvalue weighted by molar-refractivity contribution is 6.51. The number of Topliss-reactive ketones (excluding diaryl/α,β-unsaturated/α-hetero) is 1. The van der Waals surface area contributed by atoms with Crippen molar-refractivity contribution in [3.63, 3.8) is 0 Å². The summed E-state index contributed by atoms with van der Waals surface area (Å²) in [5.41, 5.74) is 2.09. The van der Waals surface area contributed by atoms with E-state index in [0.29, 0.717) is 34.2 Å². The van der Waals surface area contributed by atoms with E-state index in [1.165, 1.54) is 29.2 Å². The van der Waals surface area contributed by atoms with Crippen molar-refractivity contribution in [3.8, 4) is 5.75 Å². The molecule has 1 atom stereocenters. The van der Waals surface area contributed by atoms with Crippen LogP contribution in [-0.2, 0) is 9.59 Å². The molecule has 1 amide bonds. The molecule has 3 aromatic rings. The van der Waals surface area contributed by atoms with Crippen LogP contribution < -0.4 is 9.64 Å². The second-order valence-corrected chi connectivity index (χ2v) is 8.97. The minimum Gasteiger partial charge on any atom is -0.507 e. The number of aliphatic hydroxyl groups is 1. The Morgan fingerprint density at radius 1 is 1.06 bits per heavy atom. The Hall–Kier alpha value is -3.64. The van der Waals surface area contributed by atoms with Gasteiger partial charge in [0.15, 0.2) is 0 Å². The quantitative estimate of drug-likeness (QED) is 0.238. The molecule has 0 bridgehead atoms. The van der Waals surface area contributed by atoms with E-state index in [0.717, 1.165) is 5.56 Å². The maximum Gasteiger partial charge on any atom is 0.300 e. The van der Waals surface area contributed by atoms with Crippen molar-refractivity contribution < 1.29 is 23.8 Å². The van der Waals surface area contributed by atoms with Crippen LogP contribution >= 0.6 is 11.6 Å². The number of rotatable bonds is 6. The molecule has 0 saturated carbocycles. The first-order chi connectivity index (χ1) is 16.7. The molecule has 1 heterocycles. The molecule has 180 valence electrons. The number of nitrogens with zero attached hydrogens (tertiary/aromatic N) is 1. The average Bonchev–Trinajstić information content (AvgIpc) is 3.10. The number of ketones is 1. The van der Waals surface area contributed by atoms with Gasteiger partial charge in [-0.1, -0.05) is 37.6 Å². The Bertz CT molecular complexity index is 1300. The van der Waals surface area contributed by atoms with Crippen LogP contribution in [0.15, 0.2) is 72.3 Å². The smallest absolute Gasteiger partial charge is 0.300 e. The second-order valence-electron chi connectivity index (χ2n) is 8.54. The monoisotopic (exact) mass is 493 g/mol. The summed E-state index contributed by atoms with van der Waals surface area (Å²) < 4.78 is 19.4. The van der Waals surface area contributed by atoms with Gasteiger partial charge < -0.3 is 9.84 Å². The van der Waals surface area contributed by atoms with Gasteiger partial charge in [0.2, 0.25) is 0 Å². The van der Waals surface area contributed by atoms with E-state index in [1.807, 2.05) is 20.8 Å². The Morgan fingerprint density at radius 2 is 1.71 bits per heavy atom. The van der Waals surface area contributed by atoms with Crippen LogP contribution in [0.3, 0.4) is 0 Å². The third-order valence-electron chi connectivity index (χ3n) is 5.94. The number of halogens is 2. The van der Waals surface area contributed by atoms with Gasteiger partial charge in [0.25, 0.3) is 11.7 Å². The van der Waals surface area contributed by atoms with Crippen LogP contribution in [-0.4, -0.2) is 23.4 Å². The van der Waals surface area contributed by atoms with E-state index < -0.39 is 23.5 Å². The first-order valence-electron chi connectivity index (χ1n) is 11.3. The lowest BCUT2D eigenvalue weighted by Crippen LogP contribution is -2.29. The van der Waals surface area contributed by atoms with Crippen LogP contribution in [0.1, 0.15) is 49.4 Å². The van der Waals surface area contributed by atoms with Gasteiger partial charge in [-0.25, -0.2) is 4.39 Å². The summed E-state index contributed by atoms with van der Waals surface area (Å²) in [5.74, 6) is -1.60. The van der Waals surface area contributed by atoms with E-state index in [2.05, 4.69) is 0 Å². The summed E-state index contributed by atoms with van der Waals surface area (Å²) in [6.45, 7) is 6.38. The number of anilines is 1. The summed E-state index contributed by atoms with van der Waals surface area (Å²) >= 11 is 6.02. The fourth-order valence-corrected chi connectivity index (χ4v) is 4.38. The summed E-state index contributed by atoms with van der Waals surface area (Å²) in [6.07, 6.45) is 0. The highest BCUT2D eigenvalue weighted by Crippen LogP contribution is 2.43. The highest BCUT2D eigenvalue weighted by Gasteiger charge is 2.47. The summed E-state index contributed by atoms with van der Waals surface area (Å²) in [7, 11) is 0. The molecule has 1 N–H and O–H groups in total. The standard InChI is InChI=1S/C28H25ClFNO4/c1-4-35-23-14-7-18(15-22(23)16(2)3)26(32)24-25(17-5-10-20(30)11-6-17)31(28(34)27(24)33)21-12-8-19(29)9-13-21/h5-16,25,32H,4H2,1-3H3/b26-24-. The van der Waals surface area contributed by atoms with Crippen LogP contribution in [0.5, 0.6) is 5.75 Å². The van der Waals surface area contributed by atoms with Crippen LogP contribution in [0, 0.1) is 5.82 Å². The number of ether oxygens (including phenoxy) is 1. The Balaban J connectivity index is 1.92. The molecule has 5 nitrogen and oxygen atoms in total. The third-order valence-corrected chi connectivity index (χ3v) is 6.19. The van der Waals surface area contributed by atoms with E-state index in [1.54, 1.807) is 42.5 Å². The summed E-state index contributed by atoms with van der Waals surface area (Å²) in [4.78, 5) is 27.8. The largest absolute Gasteiger partial charge is 0.507 e. The van der Waals surface area contributed by atoms with Crippen molar-refractivity contribution in [2.24, 2.45) is 0 Å². The molecule has 7 heteroatoms. The number of aliphatic hydroxyl groups excluding tert-OH is 1. The molecule has 0 spiro atoms. The van der Waals surface area contributed by atoms with Gasteiger partial charge in [-0.15, -0.1) is 0 Å². The fourth-order valence-electron chi connectivity index (χ4n) is 4.25. The molecular formula is C28H25ClFNO4. The summed E-state index contributed by atoms with van der Waals surface area (Å²) in [5, 5.41) is 11.8. The Morgan fingerprint density at radius 3 is 2.31 bits per heavy atom. The molecule has 4 rings (SSSR count). The van der Waals surface area contributed by atoms with Gasteiger partial charge in [0.05, 0.1) is 18.2 Å². The lowest BCUT2D eigenvalue weighted by Gasteiger charge is -2.25. The minimum atomic E-state index is -0.953. The van der Waals surface area contributed by atoms with E-state index in [-0.39, 0.29) is 17.3 Å². The van der Waals surface area contributed by atoms with E-state index in [9.17, 15) is 19.1 Å². The van der Waals surface area contributed by atoms with Gasteiger partial charge in [-0.2, -0.15) is 0 Å². The fraction of sp³-hybridized carbons (Fsp3) is 0.214. The number of carbonyl (C=O) groups is 2. The molecule has 35 heavy (non-hydrogen) atoms. The highest BCUT2D eigenvalue weighted by atomic mass is 35.5. The number of amides is 1. The first-order valence-corrected chi connectivity index (χ1v) is 11.7. The Kier molecular flexibility index (Phi) is 6.94. The van der Waals surface area contributed by atoms with E-state index in [4.69, 9.17) is 16.3 Å². The SMILES string of the molecule is CCOc1ccc(/C(O)=C2/C(=O)C(=O)N(c3ccc(Cl)cc3)C2c2ccc(F)cc2)cc1C(C)C. The molecule has 0 aliphatic carbocycles. The molecular weight excluding hydrogens is 469 g/mol. The van der Waals surface area contributed by atoms with Crippen LogP contribution in [0.2, 0.25) is 5.02 Å². The van der Waals surface area contributed by atoms with Crippen molar-refractivity contribution in [1.29, 1.82) is 0 Å². The van der Waals surface area contributed by atoms with Crippen molar-refractivity contribution in [2.75, 3.05) is 11.5 Å². The van der Waals surface area contributed by atoms with Crippen LogP contribution in [0.25, 0.3) is 5.76 Å². The maximum absolute atomic E-state index is 13.7. The van der Waals surface area contributed by atoms with E-state index >= 15 is 0 Å². The predicted molar refractivity (Wildman–Crippen MR) is 134 cm³/mol. The molecule has 1 aliphatic rings. The number of carbonyl (C=O) groups excluding carboxylic acids is 2. The molecule has 1 fully saturated rings. The molecule has 0 radical (unpaired) electrons. The number of benzene rings is 3. The molecule has 1 saturated heterocycles. The van der Waals surface area contributed by atoms with Crippen LogP contribution in [0.4, 0.5) is 10.1 Å². The molecule has 3 aromatic carbocycles. The molecule has 0 aromatic heterocycles. The van der Waals surface area contributed by atoms with Gasteiger partial charge >= 0.3 is 0 Å². The first kappa shape index (κ1) is 24.5.